The monoisotopic (exact) mass is 365 g/mol. The Hall–Kier alpha value is -2.64. The zero-order valence-electron chi connectivity index (χ0n) is 15.2. The quantitative estimate of drug-likeness (QED) is 0.849. The van der Waals surface area contributed by atoms with Crippen LogP contribution in [0.15, 0.2) is 24.3 Å². The molecule has 1 aliphatic rings. The van der Waals surface area contributed by atoms with Gasteiger partial charge in [-0.3, -0.25) is 4.79 Å². The highest BCUT2D eigenvalue weighted by molar-refractivity contribution is 5.89. The number of halogens is 1. The van der Waals surface area contributed by atoms with Crippen LogP contribution in [0.1, 0.15) is 25.3 Å². The average Bonchev–Trinajstić information content (AvgIpc) is 2.61. The van der Waals surface area contributed by atoms with Crippen LogP contribution in [-0.4, -0.2) is 60.0 Å². The maximum atomic E-state index is 13.1. The highest BCUT2D eigenvalue weighted by Gasteiger charge is 2.39. The number of carboxylic acid groups (broad SMARTS) is 1. The molecule has 3 amide bonds. The third-order valence-electron chi connectivity index (χ3n) is 4.74. The first-order valence-corrected chi connectivity index (χ1v) is 8.43. The summed E-state index contributed by atoms with van der Waals surface area (Å²) in [6.07, 6.45) is 0.926. The summed E-state index contributed by atoms with van der Waals surface area (Å²) in [6, 6.07) is 4.91. The van der Waals surface area contributed by atoms with Crippen LogP contribution in [0.2, 0.25) is 0 Å². The molecule has 7 nitrogen and oxygen atoms in total. The summed E-state index contributed by atoms with van der Waals surface area (Å²) < 4.78 is 13.1. The highest BCUT2D eigenvalue weighted by atomic mass is 19.1. The molecule has 0 bridgehead atoms. The van der Waals surface area contributed by atoms with Crippen LogP contribution in [0.25, 0.3) is 0 Å². The van der Waals surface area contributed by atoms with Gasteiger partial charge in [-0.15, -0.1) is 0 Å². The molecule has 142 valence electrons. The SMILES string of the molecule is CN(C)C(=O)N1CCC(C(=O)NC(C)(C(=O)O)c2ccc(F)cc2)CC1. The van der Waals surface area contributed by atoms with Crippen molar-refractivity contribution in [2.24, 2.45) is 5.92 Å². The van der Waals surface area contributed by atoms with Crippen LogP contribution in [-0.2, 0) is 15.1 Å². The number of amides is 3. The van der Waals surface area contributed by atoms with E-state index in [9.17, 15) is 23.9 Å². The number of nitrogens with one attached hydrogen (secondary N) is 1. The van der Waals surface area contributed by atoms with E-state index in [0.717, 1.165) is 12.1 Å². The number of rotatable bonds is 4. The van der Waals surface area contributed by atoms with Gasteiger partial charge >= 0.3 is 12.0 Å². The van der Waals surface area contributed by atoms with Crippen LogP contribution in [0.4, 0.5) is 9.18 Å². The molecule has 1 atom stereocenters. The van der Waals surface area contributed by atoms with Gasteiger partial charge in [0.05, 0.1) is 0 Å². The number of carbonyl (C=O) groups is 3. The molecule has 0 radical (unpaired) electrons. The van der Waals surface area contributed by atoms with E-state index in [1.165, 1.54) is 24.0 Å². The van der Waals surface area contributed by atoms with Crippen LogP contribution in [0.5, 0.6) is 0 Å². The largest absolute Gasteiger partial charge is 0.479 e. The van der Waals surface area contributed by atoms with Gasteiger partial charge in [-0.25, -0.2) is 14.0 Å². The molecule has 2 rings (SSSR count). The Morgan fingerprint density at radius 2 is 1.73 bits per heavy atom. The molecular formula is C18H24FN3O4. The van der Waals surface area contributed by atoms with E-state index in [1.54, 1.807) is 19.0 Å². The van der Waals surface area contributed by atoms with Gasteiger partial charge in [0.1, 0.15) is 5.82 Å². The summed E-state index contributed by atoms with van der Waals surface area (Å²) in [5, 5.41) is 12.2. The van der Waals surface area contributed by atoms with Gasteiger partial charge in [-0.1, -0.05) is 12.1 Å². The van der Waals surface area contributed by atoms with E-state index >= 15 is 0 Å². The summed E-state index contributed by atoms with van der Waals surface area (Å²) in [4.78, 5) is 39.5. The summed E-state index contributed by atoms with van der Waals surface area (Å²) in [6.45, 7) is 2.26. The van der Waals surface area contributed by atoms with Gasteiger partial charge in [-0.05, 0) is 37.5 Å². The average molecular weight is 365 g/mol. The lowest BCUT2D eigenvalue weighted by Crippen LogP contribution is -2.53. The lowest BCUT2D eigenvalue weighted by atomic mass is 9.89. The Balaban J connectivity index is 2.06. The number of urea groups is 1. The van der Waals surface area contributed by atoms with Crippen LogP contribution >= 0.6 is 0 Å². The summed E-state index contributed by atoms with van der Waals surface area (Å²) >= 11 is 0. The standard InChI is InChI=1S/C18H24FN3O4/c1-18(16(24)25,13-4-6-14(19)7-5-13)20-15(23)12-8-10-22(11-9-12)17(26)21(2)3/h4-7,12H,8-11H2,1-3H3,(H,20,23)(H,24,25). The Morgan fingerprint density at radius 1 is 1.19 bits per heavy atom. The fourth-order valence-electron chi connectivity index (χ4n) is 3.00. The smallest absolute Gasteiger partial charge is 0.333 e. The van der Waals surface area contributed by atoms with E-state index in [0.29, 0.717) is 31.5 Å². The molecule has 2 N–H and O–H groups in total. The minimum absolute atomic E-state index is 0.106. The molecule has 1 fully saturated rings. The third kappa shape index (κ3) is 4.12. The predicted molar refractivity (Wildman–Crippen MR) is 92.9 cm³/mol. The van der Waals surface area contributed by atoms with Gasteiger partial charge < -0.3 is 20.2 Å². The van der Waals surface area contributed by atoms with E-state index in [2.05, 4.69) is 5.32 Å². The molecule has 0 aromatic heterocycles. The van der Waals surface area contributed by atoms with Crippen LogP contribution < -0.4 is 5.32 Å². The lowest BCUT2D eigenvalue weighted by molar-refractivity contribution is -0.148. The molecule has 1 heterocycles. The molecule has 1 aliphatic heterocycles. The minimum Gasteiger partial charge on any atom is -0.479 e. The minimum atomic E-state index is -1.65. The van der Waals surface area contributed by atoms with E-state index in [4.69, 9.17) is 0 Å². The van der Waals surface area contributed by atoms with Crippen molar-refractivity contribution in [1.29, 1.82) is 0 Å². The maximum absolute atomic E-state index is 13.1. The number of hydrogen-bond acceptors (Lipinski definition) is 3. The van der Waals surface area contributed by atoms with Crippen molar-refractivity contribution >= 4 is 17.9 Å². The predicted octanol–water partition coefficient (Wildman–Crippen LogP) is 1.64. The third-order valence-corrected chi connectivity index (χ3v) is 4.74. The van der Waals surface area contributed by atoms with Crippen molar-refractivity contribution < 1.29 is 23.9 Å². The molecule has 1 unspecified atom stereocenters. The Kier molecular flexibility index (Phi) is 5.84. The summed E-state index contributed by atoms with van der Waals surface area (Å²) in [5.74, 6) is -2.46. The molecule has 0 saturated carbocycles. The van der Waals surface area contributed by atoms with Crippen molar-refractivity contribution in [2.75, 3.05) is 27.2 Å². The van der Waals surface area contributed by atoms with Crippen molar-refractivity contribution in [1.82, 2.24) is 15.1 Å². The fourth-order valence-corrected chi connectivity index (χ4v) is 3.00. The van der Waals surface area contributed by atoms with Crippen molar-refractivity contribution in [3.05, 3.63) is 35.6 Å². The second-order valence-corrected chi connectivity index (χ2v) is 6.86. The normalized spacial score (nSPS) is 17.3. The van der Waals surface area contributed by atoms with Crippen LogP contribution in [0, 0.1) is 11.7 Å². The summed E-state index contributed by atoms with van der Waals surface area (Å²) in [7, 11) is 3.34. The molecule has 26 heavy (non-hydrogen) atoms. The zero-order valence-corrected chi connectivity index (χ0v) is 15.2. The first-order chi connectivity index (χ1) is 12.1. The zero-order chi connectivity index (χ0) is 19.5. The number of hydrogen-bond donors (Lipinski definition) is 2. The van der Waals surface area contributed by atoms with Crippen molar-refractivity contribution in [2.45, 2.75) is 25.3 Å². The highest BCUT2D eigenvalue weighted by Crippen LogP contribution is 2.25. The number of piperidine rings is 1. The van der Waals surface area contributed by atoms with Gasteiger partial charge in [0.2, 0.25) is 5.91 Å². The first-order valence-electron chi connectivity index (χ1n) is 8.43. The second kappa shape index (κ2) is 7.72. The fraction of sp³-hybridized carbons (Fsp3) is 0.500. The van der Waals surface area contributed by atoms with Gasteiger partial charge in [-0.2, -0.15) is 0 Å². The number of carboxylic acids is 1. The van der Waals surface area contributed by atoms with Gasteiger partial charge in [0.15, 0.2) is 5.54 Å². The molecule has 1 aromatic carbocycles. The molecule has 8 heteroatoms. The number of nitrogens with zero attached hydrogens (tertiary/aromatic N) is 2. The first kappa shape index (κ1) is 19.7. The van der Waals surface area contributed by atoms with E-state index < -0.39 is 17.3 Å². The number of aliphatic carboxylic acids is 1. The second-order valence-electron chi connectivity index (χ2n) is 6.86. The number of benzene rings is 1. The summed E-state index contributed by atoms with van der Waals surface area (Å²) in [5.41, 5.74) is -1.36. The topological polar surface area (TPSA) is 90.0 Å². The Bertz CT molecular complexity index is 684. The molecule has 0 spiro atoms. The van der Waals surface area contributed by atoms with Crippen molar-refractivity contribution in [3.8, 4) is 0 Å². The molecular weight excluding hydrogens is 341 g/mol. The number of carbonyl (C=O) groups excluding carboxylic acids is 2. The molecule has 1 saturated heterocycles. The van der Waals surface area contributed by atoms with Crippen LogP contribution in [0.3, 0.4) is 0 Å². The lowest BCUT2D eigenvalue weighted by Gasteiger charge is -2.35. The van der Waals surface area contributed by atoms with Gasteiger partial charge in [0.25, 0.3) is 0 Å². The Labute approximate surface area is 151 Å². The maximum Gasteiger partial charge on any atom is 0.333 e. The van der Waals surface area contributed by atoms with E-state index in [1.807, 2.05) is 0 Å². The Morgan fingerprint density at radius 3 is 2.19 bits per heavy atom. The molecule has 0 aliphatic carbocycles. The number of likely N-dealkylation sites (tertiary alicyclic amines) is 1. The van der Waals surface area contributed by atoms with E-state index in [-0.39, 0.29) is 17.9 Å². The van der Waals surface area contributed by atoms with Gasteiger partial charge in [0, 0.05) is 33.1 Å². The van der Waals surface area contributed by atoms with Crippen molar-refractivity contribution in [3.63, 3.8) is 0 Å². The molecule has 1 aromatic rings.